The summed E-state index contributed by atoms with van der Waals surface area (Å²) in [5, 5.41) is 13.2. The first-order valence-electron chi connectivity index (χ1n) is 10.4. The SMILES string of the molecule is COCCCCOc1ccc(OCC(O)CNC(C)=CC(=O)c2ccc(C)nc2)cc1. The van der Waals surface area contributed by atoms with E-state index >= 15 is 0 Å². The monoisotopic (exact) mass is 428 g/mol. The number of carbonyl (C=O) groups is 1. The molecule has 0 fully saturated rings. The number of ether oxygens (including phenoxy) is 3. The summed E-state index contributed by atoms with van der Waals surface area (Å²) in [5.41, 5.74) is 2.05. The number of hydrogen-bond donors (Lipinski definition) is 2. The van der Waals surface area contributed by atoms with Gasteiger partial charge in [-0.25, -0.2) is 0 Å². The van der Waals surface area contributed by atoms with Crippen molar-refractivity contribution in [2.75, 3.05) is 33.5 Å². The van der Waals surface area contributed by atoms with Crippen molar-refractivity contribution in [3.8, 4) is 11.5 Å². The summed E-state index contributed by atoms with van der Waals surface area (Å²) in [4.78, 5) is 16.3. The number of allylic oxidation sites excluding steroid dienone is 2. The van der Waals surface area contributed by atoms with Crippen LogP contribution in [0.1, 0.15) is 35.8 Å². The summed E-state index contributed by atoms with van der Waals surface area (Å²) in [5.74, 6) is 1.30. The maximum Gasteiger partial charge on any atom is 0.189 e. The van der Waals surface area contributed by atoms with Crippen LogP contribution < -0.4 is 14.8 Å². The molecule has 2 N–H and O–H groups in total. The minimum atomic E-state index is -0.726. The molecule has 0 amide bonds. The molecule has 7 heteroatoms. The van der Waals surface area contributed by atoms with Crippen LogP contribution in [-0.4, -0.2) is 55.5 Å². The first-order valence-corrected chi connectivity index (χ1v) is 10.4. The number of aromatic nitrogens is 1. The summed E-state index contributed by atoms with van der Waals surface area (Å²) in [7, 11) is 1.69. The Bertz CT molecular complexity index is 819. The lowest BCUT2D eigenvalue weighted by Gasteiger charge is -2.14. The Kier molecular flexibility index (Phi) is 10.5. The molecule has 2 rings (SSSR count). The number of benzene rings is 1. The highest BCUT2D eigenvalue weighted by Crippen LogP contribution is 2.18. The van der Waals surface area contributed by atoms with Gasteiger partial charge < -0.3 is 24.6 Å². The van der Waals surface area contributed by atoms with Crippen LogP contribution in [-0.2, 0) is 4.74 Å². The van der Waals surface area contributed by atoms with Crippen molar-refractivity contribution in [1.29, 1.82) is 0 Å². The highest BCUT2D eigenvalue weighted by atomic mass is 16.5. The van der Waals surface area contributed by atoms with E-state index in [0.29, 0.717) is 23.6 Å². The van der Waals surface area contributed by atoms with Crippen molar-refractivity contribution in [1.82, 2.24) is 10.3 Å². The number of nitrogens with one attached hydrogen (secondary N) is 1. The molecule has 1 heterocycles. The average molecular weight is 429 g/mol. The Balaban J connectivity index is 1.68. The molecule has 1 unspecified atom stereocenters. The Morgan fingerprint density at radius 3 is 2.42 bits per heavy atom. The minimum absolute atomic E-state index is 0.132. The van der Waals surface area contributed by atoms with Gasteiger partial charge in [-0.1, -0.05) is 0 Å². The zero-order valence-corrected chi connectivity index (χ0v) is 18.5. The summed E-state index contributed by atoms with van der Waals surface area (Å²) in [6.45, 7) is 5.43. The van der Waals surface area contributed by atoms with Gasteiger partial charge in [0.2, 0.25) is 0 Å². The highest BCUT2D eigenvalue weighted by Gasteiger charge is 2.07. The molecule has 1 atom stereocenters. The van der Waals surface area contributed by atoms with E-state index in [1.807, 2.05) is 31.2 Å². The van der Waals surface area contributed by atoms with Gasteiger partial charge in [-0.3, -0.25) is 9.78 Å². The van der Waals surface area contributed by atoms with Crippen LogP contribution in [0.3, 0.4) is 0 Å². The fourth-order valence-electron chi connectivity index (χ4n) is 2.65. The third-order valence-corrected chi connectivity index (χ3v) is 4.44. The standard InChI is InChI=1S/C24H32N2O5/c1-18-6-7-20(15-25-18)24(28)14-19(2)26-16-21(27)17-31-23-10-8-22(9-11-23)30-13-5-4-12-29-3/h6-11,14-15,21,26-27H,4-5,12-13,16-17H2,1-3H3. The van der Waals surface area contributed by atoms with Crippen LogP contribution in [0.2, 0.25) is 0 Å². The van der Waals surface area contributed by atoms with Gasteiger partial charge in [0, 0.05) is 49.5 Å². The number of carbonyl (C=O) groups excluding carboxylic acids is 1. The normalized spacial score (nSPS) is 12.3. The summed E-state index contributed by atoms with van der Waals surface area (Å²) in [6.07, 6.45) is 4.23. The van der Waals surface area contributed by atoms with E-state index in [2.05, 4.69) is 10.3 Å². The predicted octanol–water partition coefficient (Wildman–Crippen LogP) is 3.31. The fraction of sp³-hybridized carbons (Fsp3) is 0.417. The molecule has 0 aliphatic rings. The number of methoxy groups -OCH3 is 1. The fourth-order valence-corrected chi connectivity index (χ4v) is 2.65. The zero-order valence-electron chi connectivity index (χ0n) is 18.5. The second kappa shape index (κ2) is 13.4. The first kappa shape index (κ1) is 24.4. The van der Waals surface area contributed by atoms with Crippen LogP contribution >= 0.6 is 0 Å². The van der Waals surface area contributed by atoms with E-state index in [1.165, 1.54) is 6.08 Å². The van der Waals surface area contributed by atoms with Gasteiger partial charge in [0.05, 0.1) is 6.61 Å². The molecule has 1 aromatic carbocycles. The molecular formula is C24H32N2O5. The number of unbranched alkanes of at least 4 members (excludes halogenated alkanes) is 1. The quantitative estimate of drug-likeness (QED) is 0.271. The lowest BCUT2D eigenvalue weighted by atomic mass is 10.1. The Labute approximate surface area is 184 Å². The van der Waals surface area contributed by atoms with Crippen molar-refractivity contribution in [2.24, 2.45) is 0 Å². The topological polar surface area (TPSA) is 89.9 Å². The minimum Gasteiger partial charge on any atom is -0.494 e. The number of nitrogens with zero attached hydrogens (tertiary/aromatic N) is 1. The lowest BCUT2D eigenvalue weighted by molar-refractivity contribution is 0.103. The molecule has 0 spiro atoms. The van der Waals surface area contributed by atoms with E-state index in [0.717, 1.165) is 30.9 Å². The molecule has 0 saturated heterocycles. The Morgan fingerprint density at radius 1 is 1.10 bits per heavy atom. The van der Waals surface area contributed by atoms with Crippen LogP contribution in [0, 0.1) is 6.92 Å². The number of ketones is 1. The number of aryl methyl sites for hydroxylation is 1. The van der Waals surface area contributed by atoms with E-state index in [9.17, 15) is 9.90 Å². The lowest BCUT2D eigenvalue weighted by Crippen LogP contribution is -2.30. The number of rotatable bonds is 14. The third kappa shape index (κ3) is 9.63. The molecule has 0 aliphatic heterocycles. The van der Waals surface area contributed by atoms with Gasteiger partial charge in [-0.05, 0) is 63.1 Å². The second-order valence-corrected chi connectivity index (χ2v) is 7.25. The molecule has 2 aromatic rings. The van der Waals surface area contributed by atoms with E-state index in [-0.39, 0.29) is 18.9 Å². The molecule has 0 bridgehead atoms. The molecule has 1 aromatic heterocycles. The van der Waals surface area contributed by atoms with Crippen LogP contribution in [0.15, 0.2) is 54.4 Å². The van der Waals surface area contributed by atoms with Gasteiger partial charge in [0.1, 0.15) is 24.2 Å². The average Bonchev–Trinajstić information content (AvgIpc) is 2.77. The van der Waals surface area contributed by atoms with Gasteiger partial charge in [-0.15, -0.1) is 0 Å². The van der Waals surface area contributed by atoms with Crippen LogP contribution in [0.5, 0.6) is 11.5 Å². The summed E-state index contributed by atoms with van der Waals surface area (Å²) < 4.78 is 16.3. The molecule has 31 heavy (non-hydrogen) atoms. The van der Waals surface area contributed by atoms with E-state index < -0.39 is 6.10 Å². The largest absolute Gasteiger partial charge is 0.494 e. The maximum absolute atomic E-state index is 12.2. The van der Waals surface area contributed by atoms with Gasteiger partial charge in [0.25, 0.3) is 0 Å². The van der Waals surface area contributed by atoms with Crippen molar-refractivity contribution in [2.45, 2.75) is 32.8 Å². The molecule has 168 valence electrons. The number of pyridine rings is 1. The summed E-state index contributed by atoms with van der Waals surface area (Å²) in [6, 6.07) is 10.8. The number of aliphatic hydroxyl groups excluding tert-OH is 1. The van der Waals surface area contributed by atoms with Crippen LogP contribution in [0.4, 0.5) is 0 Å². The maximum atomic E-state index is 12.2. The van der Waals surface area contributed by atoms with Crippen LogP contribution in [0.25, 0.3) is 0 Å². The third-order valence-electron chi connectivity index (χ3n) is 4.44. The second-order valence-electron chi connectivity index (χ2n) is 7.25. The molecule has 0 saturated carbocycles. The van der Waals surface area contributed by atoms with Crippen molar-refractivity contribution < 1.29 is 24.1 Å². The van der Waals surface area contributed by atoms with Crippen molar-refractivity contribution in [3.05, 3.63) is 65.6 Å². The Hall–Kier alpha value is -2.90. The molecule has 0 radical (unpaired) electrons. The van der Waals surface area contributed by atoms with Crippen molar-refractivity contribution >= 4 is 5.78 Å². The molecule has 7 nitrogen and oxygen atoms in total. The highest BCUT2D eigenvalue weighted by molar-refractivity contribution is 6.04. The molecule has 0 aliphatic carbocycles. The number of aliphatic hydroxyl groups is 1. The predicted molar refractivity (Wildman–Crippen MR) is 120 cm³/mol. The number of hydrogen-bond acceptors (Lipinski definition) is 7. The van der Waals surface area contributed by atoms with Gasteiger partial charge in [-0.2, -0.15) is 0 Å². The smallest absolute Gasteiger partial charge is 0.189 e. The van der Waals surface area contributed by atoms with Gasteiger partial charge in [0.15, 0.2) is 5.78 Å². The Morgan fingerprint density at radius 2 is 1.77 bits per heavy atom. The summed E-state index contributed by atoms with van der Waals surface area (Å²) >= 11 is 0. The van der Waals surface area contributed by atoms with Gasteiger partial charge >= 0.3 is 0 Å². The first-order chi connectivity index (χ1) is 15.0. The van der Waals surface area contributed by atoms with E-state index in [1.54, 1.807) is 32.4 Å². The zero-order chi connectivity index (χ0) is 22.5. The van der Waals surface area contributed by atoms with E-state index in [4.69, 9.17) is 14.2 Å². The van der Waals surface area contributed by atoms with Crippen molar-refractivity contribution in [3.63, 3.8) is 0 Å². The molecular weight excluding hydrogens is 396 g/mol.